The molecule has 2 aromatic heterocycles. The second kappa shape index (κ2) is 6.71. The highest BCUT2D eigenvalue weighted by Gasteiger charge is 2.10. The van der Waals surface area contributed by atoms with Gasteiger partial charge in [-0.05, 0) is 29.8 Å². The monoisotopic (exact) mass is 344 g/mol. The molecule has 0 aliphatic carbocycles. The number of aromatic amines is 1. The molecule has 3 aromatic rings. The first-order chi connectivity index (χ1) is 11.5. The van der Waals surface area contributed by atoms with Gasteiger partial charge in [0.25, 0.3) is 0 Å². The van der Waals surface area contributed by atoms with Gasteiger partial charge in [-0.25, -0.2) is 23.1 Å². The van der Waals surface area contributed by atoms with E-state index >= 15 is 0 Å². The van der Waals surface area contributed by atoms with Crippen molar-refractivity contribution in [2.24, 2.45) is 4.99 Å². The molecule has 7 nitrogen and oxygen atoms in total. The Morgan fingerprint density at radius 3 is 2.79 bits per heavy atom. The fourth-order valence-corrected chi connectivity index (χ4v) is 2.58. The van der Waals surface area contributed by atoms with E-state index in [0.717, 1.165) is 22.9 Å². The molecule has 0 fully saturated rings. The van der Waals surface area contributed by atoms with Gasteiger partial charge in [0.1, 0.15) is 11.4 Å². The van der Waals surface area contributed by atoms with Gasteiger partial charge in [0.05, 0.1) is 12.8 Å². The zero-order chi connectivity index (χ0) is 17.0. The number of sulfonamides is 1. The maximum Gasteiger partial charge on any atom is 0.304 e. The van der Waals surface area contributed by atoms with Crippen LogP contribution in [-0.2, 0) is 16.6 Å². The SMILES string of the molecule is CS(=O)(=O)NC(=NCc1ccnc2[nH]ccc12)Oc1ccccc1. The Balaban J connectivity index is 1.87. The molecule has 0 bridgehead atoms. The standard InChI is InChI=1S/C16H16N4O3S/c1-24(21,22)20-16(23-13-5-3-2-4-6-13)19-11-12-7-9-17-15-14(12)8-10-18-15/h2-10H,11H2,1H3,(H,17,18)(H,19,20). The van der Waals surface area contributed by atoms with Crippen LogP contribution in [0.15, 0.2) is 59.9 Å². The summed E-state index contributed by atoms with van der Waals surface area (Å²) in [6.45, 7) is 0.252. The number of aromatic nitrogens is 2. The van der Waals surface area contributed by atoms with Crippen molar-refractivity contribution in [2.45, 2.75) is 6.54 Å². The molecule has 24 heavy (non-hydrogen) atoms. The lowest BCUT2D eigenvalue weighted by molar-refractivity contribution is 0.523. The van der Waals surface area contributed by atoms with Crippen LogP contribution in [0, 0.1) is 0 Å². The third-order valence-electron chi connectivity index (χ3n) is 3.17. The fraction of sp³-hybridized carbons (Fsp3) is 0.125. The van der Waals surface area contributed by atoms with E-state index in [1.165, 1.54) is 0 Å². The molecule has 2 N–H and O–H groups in total. The predicted octanol–water partition coefficient (Wildman–Crippen LogP) is 2.05. The number of benzene rings is 1. The molecule has 0 unspecified atom stereocenters. The quantitative estimate of drug-likeness (QED) is 0.559. The first-order valence-corrected chi connectivity index (χ1v) is 9.06. The average Bonchev–Trinajstić information content (AvgIpc) is 3.01. The molecule has 0 radical (unpaired) electrons. The Kier molecular flexibility index (Phi) is 4.48. The molecule has 2 heterocycles. The summed E-state index contributed by atoms with van der Waals surface area (Å²) in [5.74, 6) is 0.494. The average molecular weight is 344 g/mol. The Labute approximate surface area is 139 Å². The number of rotatable bonds is 4. The molecule has 8 heteroatoms. The van der Waals surface area contributed by atoms with Gasteiger partial charge in [-0.3, -0.25) is 0 Å². The minimum atomic E-state index is -3.50. The number of amidine groups is 1. The minimum Gasteiger partial charge on any atom is -0.425 e. The fourth-order valence-electron chi connectivity index (χ4n) is 2.16. The van der Waals surface area contributed by atoms with Gasteiger partial charge >= 0.3 is 6.02 Å². The third-order valence-corrected chi connectivity index (χ3v) is 3.72. The van der Waals surface area contributed by atoms with Crippen LogP contribution in [0.5, 0.6) is 5.75 Å². The summed E-state index contributed by atoms with van der Waals surface area (Å²) in [6, 6.07) is 12.5. The van der Waals surface area contributed by atoms with Crippen molar-refractivity contribution in [1.29, 1.82) is 0 Å². The minimum absolute atomic E-state index is 0.0794. The van der Waals surface area contributed by atoms with Gasteiger partial charge < -0.3 is 9.72 Å². The van der Waals surface area contributed by atoms with Crippen LogP contribution >= 0.6 is 0 Å². The normalized spacial score (nSPS) is 12.3. The number of aliphatic imine (C=N–C) groups is 1. The maximum atomic E-state index is 11.5. The highest BCUT2D eigenvalue weighted by molar-refractivity contribution is 7.89. The zero-order valence-electron chi connectivity index (χ0n) is 12.9. The van der Waals surface area contributed by atoms with Crippen LogP contribution < -0.4 is 9.46 Å². The lowest BCUT2D eigenvalue weighted by atomic mass is 10.2. The molecule has 0 atom stereocenters. The topological polar surface area (TPSA) is 96.4 Å². The Hall–Kier alpha value is -2.87. The van der Waals surface area contributed by atoms with Crippen molar-refractivity contribution in [1.82, 2.24) is 14.7 Å². The van der Waals surface area contributed by atoms with Crippen molar-refractivity contribution in [3.8, 4) is 5.75 Å². The van der Waals surface area contributed by atoms with Crippen LogP contribution in [0.3, 0.4) is 0 Å². The number of pyridine rings is 1. The highest BCUT2D eigenvalue weighted by atomic mass is 32.2. The van der Waals surface area contributed by atoms with Crippen molar-refractivity contribution in [2.75, 3.05) is 6.26 Å². The molecular formula is C16H16N4O3S. The maximum absolute atomic E-state index is 11.5. The summed E-state index contributed by atoms with van der Waals surface area (Å²) in [5.41, 5.74) is 1.66. The Bertz CT molecular complexity index is 965. The lowest BCUT2D eigenvalue weighted by Gasteiger charge is -2.10. The van der Waals surface area contributed by atoms with E-state index in [4.69, 9.17) is 4.74 Å². The van der Waals surface area contributed by atoms with Crippen LogP contribution in [0.4, 0.5) is 0 Å². The number of para-hydroxylation sites is 1. The summed E-state index contributed by atoms with van der Waals surface area (Å²) >= 11 is 0. The summed E-state index contributed by atoms with van der Waals surface area (Å²) in [6.07, 6.45) is 4.51. The highest BCUT2D eigenvalue weighted by Crippen LogP contribution is 2.16. The Morgan fingerprint density at radius 1 is 1.25 bits per heavy atom. The number of hydrogen-bond donors (Lipinski definition) is 2. The van der Waals surface area contributed by atoms with Crippen molar-refractivity contribution >= 4 is 27.1 Å². The van der Waals surface area contributed by atoms with Crippen molar-refractivity contribution in [3.63, 3.8) is 0 Å². The number of nitrogens with one attached hydrogen (secondary N) is 2. The molecule has 0 aliphatic heterocycles. The summed E-state index contributed by atoms with van der Waals surface area (Å²) < 4.78 is 30.9. The van der Waals surface area contributed by atoms with E-state index in [1.54, 1.807) is 36.7 Å². The number of H-pyrrole nitrogens is 1. The van der Waals surface area contributed by atoms with E-state index in [0.29, 0.717) is 5.75 Å². The molecule has 0 saturated carbocycles. The largest absolute Gasteiger partial charge is 0.425 e. The second-order valence-electron chi connectivity index (χ2n) is 5.12. The smallest absolute Gasteiger partial charge is 0.304 e. The van der Waals surface area contributed by atoms with E-state index < -0.39 is 10.0 Å². The molecule has 0 amide bonds. The van der Waals surface area contributed by atoms with Gasteiger partial charge in [-0.2, -0.15) is 0 Å². The number of fused-ring (bicyclic) bond motifs is 1. The second-order valence-corrected chi connectivity index (χ2v) is 6.87. The van der Waals surface area contributed by atoms with Crippen LogP contribution in [0.25, 0.3) is 11.0 Å². The number of ether oxygens (including phenoxy) is 1. The van der Waals surface area contributed by atoms with Crippen molar-refractivity contribution in [3.05, 3.63) is 60.4 Å². The molecule has 0 saturated heterocycles. The number of nitrogens with zero attached hydrogens (tertiary/aromatic N) is 2. The van der Waals surface area contributed by atoms with E-state index in [2.05, 4.69) is 19.7 Å². The first-order valence-electron chi connectivity index (χ1n) is 7.17. The zero-order valence-corrected chi connectivity index (χ0v) is 13.7. The molecule has 124 valence electrons. The van der Waals surface area contributed by atoms with E-state index in [1.807, 2.05) is 18.2 Å². The Morgan fingerprint density at radius 2 is 2.04 bits per heavy atom. The van der Waals surface area contributed by atoms with Gasteiger partial charge in [0, 0.05) is 17.8 Å². The molecule has 0 aliphatic rings. The van der Waals surface area contributed by atoms with Gasteiger partial charge in [-0.1, -0.05) is 18.2 Å². The summed E-state index contributed by atoms with van der Waals surface area (Å²) in [4.78, 5) is 11.5. The van der Waals surface area contributed by atoms with Crippen LogP contribution in [0.1, 0.15) is 5.56 Å². The van der Waals surface area contributed by atoms with Crippen LogP contribution in [-0.4, -0.2) is 30.7 Å². The molecule has 1 aromatic carbocycles. The molecule has 3 rings (SSSR count). The summed E-state index contributed by atoms with van der Waals surface area (Å²) in [7, 11) is -3.50. The summed E-state index contributed by atoms with van der Waals surface area (Å²) in [5, 5.41) is 0.930. The number of hydrogen-bond acceptors (Lipinski definition) is 5. The van der Waals surface area contributed by atoms with Gasteiger partial charge in [-0.15, -0.1) is 0 Å². The van der Waals surface area contributed by atoms with Crippen LogP contribution in [0.2, 0.25) is 0 Å². The van der Waals surface area contributed by atoms with Gasteiger partial charge in [0.15, 0.2) is 0 Å². The van der Waals surface area contributed by atoms with E-state index in [9.17, 15) is 8.42 Å². The molecular weight excluding hydrogens is 328 g/mol. The molecule has 0 spiro atoms. The predicted molar refractivity (Wildman–Crippen MR) is 92.3 cm³/mol. The third kappa shape index (κ3) is 4.11. The van der Waals surface area contributed by atoms with E-state index in [-0.39, 0.29) is 12.6 Å². The lowest BCUT2D eigenvalue weighted by Crippen LogP contribution is -2.33. The first kappa shape index (κ1) is 16.0. The van der Waals surface area contributed by atoms with Gasteiger partial charge in [0.2, 0.25) is 10.0 Å². The van der Waals surface area contributed by atoms with Crippen molar-refractivity contribution < 1.29 is 13.2 Å².